The van der Waals surface area contributed by atoms with Gasteiger partial charge in [-0.2, -0.15) is 0 Å². The van der Waals surface area contributed by atoms with Gasteiger partial charge in [0.1, 0.15) is 13.2 Å². The highest BCUT2D eigenvalue weighted by Gasteiger charge is 2.36. The van der Waals surface area contributed by atoms with Crippen LogP contribution in [0.5, 0.6) is 11.5 Å². The molecule has 0 saturated heterocycles. The average molecular weight is 324 g/mol. The SMILES string of the molecule is NC(CN1C(=O)c2ccccc2C1=O)c1ccc2c(c1)OCCO2. The number of rotatable bonds is 3. The molecule has 2 aliphatic rings. The number of carbonyl (C=O) groups excluding carboxylic acids is 2. The van der Waals surface area contributed by atoms with Crippen LogP contribution in [-0.2, 0) is 0 Å². The van der Waals surface area contributed by atoms with Gasteiger partial charge in [0.05, 0.1) is 11.1 Å². The lowest BCUT2D eigenvalue weighted by Crippen LogP contribution is -2.36. The normalized spacial score (nSPS) is 17.0. The van der Waals surface area contributed by atoms with Crippen molar-refractivity contribution in [1.82, 2.24) is 4.90 Å². The Hall–Kier alpha value is -2.86. The van der Waals surface area contributed by atoms with Crippen molar-refractivity contribution in [3.05, 3.63) is 59.2 Å². The third kappa shape index (κ3) is 2.32. The molecule has 0 aliphatic carbocycles. The van der Waals surface area contributed by atoms with Crippen LogP contribution >= 0.6 is 0 Å². The van der Waals surface area contributed by atoms with Crippen molar-refractivity contribution in [3.63, 3.8) is 0 Å². The maximum Gasteiger partial charge on any atom is 0.261 e. The number of nitrogens with two attached hydrogens (primary N) is 1. The topological polar surface area (TPSA) is 81.9 Å². The molecule has 6 heteroatoms. The van der Waals surface area contributed by atoms with E-state index in [1.54, 1.807) is 36.4 Å². The van der Waals surface area contributed by atoms with E-state index in [0.29, 0.717) is 35.8 Å². The molecule has 2 aromatic rings. The summed E-state index contributed by atoms with van der Waals surface area (Å²) < 4.78 is 11.0. The first-order valence-electron chi connectivity index (χ1n) is 7.75. The first-order chi connectivity index (χ1) is 11.6. The molecule has 0 spiro atoms. The smallest absolute Gasteiger partial charge is 0.261 e. The van der Waals surface area contributed by atoms with E-state index >= 15 is 0 Å². The van der Waals surface area contributed by atoms with Gasteiger partial charge in [-0.1, -0.05) is 18.2 Å². The molecule has 2 aromatic carbocycles. The van der Waals surface area contributed by atoms with E-state index in [2.05, 4.69) is 0 Å². The summed E-state index contributed by atoms with van der Waals surface area (Å²) in [6, 6.07) is 11.7. The van der Waals surface area contributed by atoms with Crippen molar-refractivity contribution in [2.24, 2.45) is 5.73 Å². The summed E-state index contributed by atoms with van der Waals surface area (Å²) in [7, 11) is 0. The van der Waals surface area contributed by atoms with Crippen LogP contribution in [-0.4, -0.2) is 36.5 Å². The molecule has 0 fully saturated rings. The van der Waals surface area contributed by atoms with E-state index in [1.807, 2.05) is 6.07 Å². The Labute approximate surface area is 138 Å². The number of nitrogens with zero attached hydrogens (tertiary/aromatic N) is 1. The summed E-state index contributed by atoms with van der Waals surface area (Å²) in [5.41, 5.74) is 7.87. The summed E-state index contributed by atoms with van der Waals surface area (Å²) in [6.45, 7) is 1.13. The van der Waals surface area contributed by atoms with Crippen LogP contribution < -0.4 is 15.2 Å². The minimum Gasteiger partial charge on any atom is -0.486 e. The molecule has 0 saturated carbocycles. The van der Waals surface area contributed by atoms with Crippen LogP contribution in [0, 0.1) is 0 Å². The van der Waals surface area contributed by atoms with Crippen molar-refractivity contribution >= 4 is 11.8 Å². The second kappa shape index (κ2) is 5.65. The number of imide groups is 1. The minimum absolute atomic E-state index is 0.117. The van der Waals surface area contributed by atoms with Gasteiger partial charge in [-0.05, 0) is 29.8 Å². The predicted molar refractivity (Wildman–Crippen MR) is 86.2 cm³/mol. The third-order valence-electron chi connectivity index (χ3n) is 4.25. The zero-order valence-corrected chi connectivity index (χ0v) is 12.9. The lowest BCUT2D eigenvalue weighted by molar-refractivity contribution is 0.0644. The molecule has 2 N–H and O–H groups in total. The van der Waals surface area contributed by atoms with E-state index in [4.69, 9.17) is 15.2 Å². The molecule has 6 nitrogen and oxygen atoms in total. The molecule has 2 aliphatic heterocycles. The van der Waals surface area contributed by atoms with Crippen LogP contribution in [0.1, 0.15) is 32.3 Å². The molecule has 0 bridgehead atoms. The molecule has 1 atom stereocenters. The lowest BCUT2D eigenvalue weighted by atomic mass is 10.1. The Bertz CT molecular complexity index is 799. The fourth-order valence-electron chi connectivity index (χ4n) is 3.00. The van der Waals surface area contributed by atoms with Gasteiger partial charge in [0.2, 0.25) is 0 Å². The Balaban J connectivity index is 1.56. The first kappa shape index (κ1) is 14.7. The molecule has 24 heavy (non-hydrogen) atoms. The number of benzene rings is 2. The molecule has 1 unspecified atom stereocenters. The van der Waals surface area contributed by atoms with Gasteiger partial charge in [0.25, 0.3) is 11.8 Å². The van der Waals surface area contributed by atoms with Crippen LogP contribution in [0.25, 0.3) is 0 Å². The van der Waals surface area contributed by atoms with Gasteiger partial charge in [-0.3, -0.25) is 14.5 Å². The Morgan fingerprint density at radius 2 is 1.58 bits per heavy atom. The molecular weight excluding hydrogens is 308 g/mol. The quantitative estimate of drug-likeness (QED) is 0.870. The number of hydrogen-bond donors (Lipinski definition) is 1. The standard InChI is InChI=1S/C18H16N2O4/c19-14(11-5-6-15-16(9-11)24-8-7-23-15)10-20-17(21)12-3-1-2-4-13(12)18(20)22/h1-6,9,14H,7-8,10,19H2. The van der Waals surface area contributed by atoms with Gasteiger partial charge >= 0.3 is 0 Å². The van der Waals surface area contributed by atoms with Gasteiger partial charge in [0, 0.05) is 12.6 Å². The molecular formula is C18H16N2O4. The van der Waals surface area contributed by atoms with Crippen molar-refractivity contribution in [2.75, 3.05) is 19.8 Å². The summed E-state index contributed by atoms with van der Waals surface area (Å²) >= 11 is 0. The number of amides is 2. The molecule has 122 valence electrons. The molecule has 2 amide bonds. The van der Waals surface area contributed by atoms with Crippen LogP contribution in [0.2, 0.25) is 0 Å². The second-order valence-electron chi connectivity index (χ2n) is 5.78. The van der Waals surface area contributed by atoms with Gasteiger partial charge < -0.3 is 15.2 Å². The fourth-order valence-corrected chi connectivity index (χ4v) is 3.00. The Morgan fingerprint density at radius 1 is 0.958 bits per heavy atom. The molecule has 2 heterocycles. The van der Waals surface area contributed by atoms with Crippen LogP contribution in [0.3, 0.4) is 0 Å². The van der Waals surface area contributed by atoms with E-state index in [0.717, 1.165) is 5.56 Å². The number of carbonyl (C=O) groups is 2. The highest BCUT2D eigenvalue weighted by Crippen LogP contribution is 2.33. The van der Waals surface area contributed by atoms with E-state index in [9.17, 15) is 9.59 Å². The molecule has 4 rings (SSSR count). The highest BCUT2D eigenvalue weighted by atomic mass is 16.6. The zero-order valence-electron chi connectivity index (χ0n) is 12.9. The minimum atomic E-state index is -0.497. The number of hydrogen-bond acceptors (Lipinski definition) is 5. The predicted octanol–water partition coefficient (Wildman–Crippen LogP) is 1.75. The van der Waals surface area contributed by atoms with E-state index in [-0.39, 0.29) is 18.4 Å². The van der Waals surface area contributed by atoms with Crippen LogP contribution in [0.15, 0.2) is 42.5 Å². The van der Waals surface area contributed by atoms with Crippen molar-refractivity contribution in [1.29, 1.82) is 0 Å². The maximum absolute atomic E-state index is 12.4. The highest BCUT2D eigenvalue weighted by molar-refractivity contribution is 6.21. The zero-order chi connectivity index (χ0) is 16.7. The van der Waals surface area contributed by atoms with Gasteiger partial charge in [0.15, 0.2) is 11.5 Å². The maximum atomic E-state index is 12.4. The third-order valence-corrected chi connectivity index (χ3v) is 4.25. The summed E-state index contributed by atoms with van der Waals surface area (Å²) in [5.74, 6) is 0.710. The monoisotopic (exact) mass is 324 g/mol. The van der Waals surface area contributed by atoms with Gasteiger partial charge in [-0.15, -0.1) is 0 Å². The Kier molecular flexibility index (Phi) is 3.46. The van der Waals surface area contributed by atoms with Gasteiger partial charge in [-0.25, -0.2) is 0 Å². The van der Waals surface area contributed by atoms with E-state index in [1.165, 1.54) is 4.90 Å². The fraction of sp³-hybridized carbons (Fsp3) is 0.222. The largest absolute Gasteiger partial charge is 0.486 e. The molecule has 0 aromatic heterocycles. The van der Waals surface area contributed by atoms with Crippen molar-refractivity contribution in [2.45, 2.75) is 6.04 Å². The van der Waals surface area contributed by atoms with Crippen LogP contribution in [0.4, 0.5) is 0 Å². The lowest BCUT2D eigenvalue weighted by Gasteiger charge is -2.22. The summed E-state index contributed by atoms with van der Waals surface area (Å²) in [5, 5.41) is 0. The summed E-state index contributed by atoms with van der Waals surface area (Å²) in [6.07, 6.45) is 0. The first-order valence-corrected chi connectivity index (χ1v) is 7.75. The molecule has 0 radical (unpaired) electrons. The van der Waals surface area contributed by atoms with Crippen molar-refractivity contribution in [3.8, 4) is 11.5 Å². The number of ether oxygens (including phenoxy) is 2. The van der Waals surface area contributed by atoms with Crippen molar-refractivity contribution < 1.29 is 19.1 Å². The number of fused-ring (bicyclic) bond motifs is 2. The second-order valence-corrected chi connectivity index (χ2v) is 5.78. The summed E-state index contributed by atoms with van der Waals surface area (Å²) in [4.78, 5) is 26.0. The average Bonchev–Trinajstić information content (AvgIpc) is 2.86. The Morgan fingerprint density at radius 3 is 2.25 bits per heavy atom. The van der Waals surface area contributed by atoms with E-state index < -0.39 is 6.04 Å².